The highest BCUT2D eigenvalue weighted by Crippen LogP contribution is 2.18. The Labute approximate surface area is 129 Å². The minimum atomic E-state index is -0.0709. The molecule has 1 atom stereocenters. The molecule has 3 rings (SSSR count). The van der Waals surface area contributed by atoms with Gasteiger partial charge in [0, 0.05) is 37.5 Å². The van der Waals surface area contributed by atoms with Crippen LogP contribution in [0.5, 0.6) is 0 Å². The van der Waals surface area contributed by atoms with Crippen molar-refractivity contribution in [2.24, 2.45) is 5.92 Å². The van der Waals surface area contributed by atoms with Gasteiger partial charge in [-0.2, -0.15) is 5.26 Å². The van der Waals surface area contributed by atoms with Crippen LogP contribution in [0.15, 0.2) is 30.6 Å². The number of hydrogen-bond acceptors (Lipinski definition) is 3. The first-order valence-corrected chi connectivity index (χ1v) is 7.46. The Hall–Kier alpha value is -2.61. The fraction of sp³-hybridized carbons (Fsp3) is 0.353. The second-order valence-corrected chi connectivity index (χ2v) is 5.75. The molecule has 1 aliphatic heterocycles. The third kappa shape index (κ3) is 2.86. The molecule has 0 radical (unpaired) electrons. The van der Waals surface area contributed by atoms with Gasteiger partial charge >= 0.3 is 0 Å². The lowest BCUT2D eigenvalue weighted by atomic mass is 9.99. The van der Waals surface area contributed by atoms with E-state index >= 15 is 0 Å². The van der Waals surface area contributed by atoms with E-state index in [1.807, 2.05) is 19.3 Å². The summed E-state index contributed by atoms with van der Waals surface area (Å²) in [5.74, 6) is 1.49. The van der Waals surface area contributed by atoms with Crippen molar-refractivity contribution in [1.29, 1.82) is 5.26 Å². The molecule has 5 nitrogen and oxygen atoms in total. The number of carbonyl (C=O) groups excluding carboxylic acids is 1. The van der Waals surface area contributed by atoms with Gasteiger partial charge in [-0.3, -0.25) is 4.79 Å². The van der Waals surface area contributed by atoms with Crippen LogP contribution in [0.3, 0.4) is 0 Å². The molecule has 5 heteroatoms. The quantitative estimate of drug-likeness (QED) is 0.942. The fourth-order valence-electron chi connectivity index (χ4n) is 2.92. The molecule has 0 fully saturated rings. The lowest BCUT2D eigenvalue weighted by molar-refractivity contribution is 0.0943. The van der Waals surface area contributed by atoms with Gasteiger partial charge in [-0.25, -0.2) is 4.98 Å². The molecule has 2 heterocycles. The van der Waals surface area contributed by atoms with Gasteiger partial charge in [0.25, 0.3) is 5.91 Å². The highest BCUT2D eigenvalue weighted by molar-refractivity contribution is 5.95. The molecule has 0 aliphatic carbocycles. The monoisotopic (exact) mass is 294 g/mol. The minimum absolute atomic E-state index is 0.0709. The second kappa shape index (κ2) is 6.02. The fourth-order valence-corrected chi connectivity index (χ4v) is 2.92. The van der Waals surface area contributed by atoms with Crippen molar-refractivity contribution in [3.63, 3.8) is 0 Å². The summed E-state index contributed by atoms with van der Waals surface area (Å²) in [6, 6.07) is 7.23. The Morgan fingerprint density at radius 3 is 3.18 bits per heavy atom. The van der Waals surface area contributed by atoms with E-state index in [0.717, 1.165) is 30.8 Å². The molecule has 1 aromatic carbocycles. The predicted octanol–water partition coefficient (Wildman–Crippen LogP) is 2.06. The Morgan fingerprint density at radius 2 is 2.41 bits per heavy atom. The van der Waals surface area contributed by atoms with Crippen LogP contribution in [0.25, 0.3) is 0 Å². The number of nitrogens with one attached hydrogen (secondary N) is 1. The number of fused-ring (bicyclic) bond motifs is 1. The van der Waals surface area contributed by atoms with E-state index in [4.69, 9.17) is 5.26 Å². The largest absolute Gasteiger partial charge is 0.352 e. The van der Waals surface area contributed by atoms with Gasteiger partial charge in [0.1, 0.15) is 5.82 Å². The smallest absolute Gasteiger partial charge is 0.251 e. The van der Waals surface area contributed by atoms with E-state index in [1.165, 1.54) is 0 Å². The molecule has 1 amide bonds. The first-order valence-electron chi connectivity index (χ1n) is 7.46. The SMILES string of the molecule is Cc1cc(C#N)ccc1C(=O)NC[C@@H]1CCc2nccn2C1. The van der Waals surface area contributed by atoms with Gasteiger partial charge in [-0.1, -0.05) is 0 Å². The zero-order valence-electron chi connectivity index (χ0n) is 12.5. The summed E-state index contributed by atoms with van der Waals surface area (Å²) < 4.78 is 2.16. The Morgan fingerprint density at radius 1 is 1.55 bits per heavy atom. The van der Waals surface area contributed by atoms with Crippen LogP contribution in [0, 0.1) is 24.2 Å². The van der Waals surface area contributed by atoms with Gasteiger partial charge in [0.15, 0.2) is 0 Å². The molecule has 22 heavy (non-hydrogen) atoms. The number of nitriles is 1. The highest BCUT2D eigenvalue weighted by atomic mass is 16.1. The van der Waals surface area contributed by atoms with Crippen LogP contribution in [0.2, 0.25) is 0 Å². The zero-order chi connectivity index (χ0) is 15.5. The maximum Gasteiger partial charge on any atom is 0.251 e. The number of aromatic nitrogens is 2. The Bertz CT molecular complexity index is 741. The summed E-state index contributed by atoms with van der Waals surface area (Å²) in [7, 11) is 0. The molecule has 0 unspecified atom stereocenters. The molecule has 1 aliphatic rings. The van der Waals surface area contributed by atoms with E-state index in [9.17, 15) is 4.79 Å². The number of hydrogen-bond donors (Lipinski definition) is 1. The average molecular weight is 294 g/mol. The standard InChI is InChI=1S/C17H18N4O/c1-12-8-13(9-18)2-4-15(12)17(22)20-10-14-3-5-16-19-6-7-21(16)11-14/h2,4,6-8,14H,3,5,10-11H2,1H3,(H,20,22)/t14-/m0/s1. The number of imidazole rings is 1. The molecule has 1 aromatic heterocycles. The lowest BCUT2D eigenvalue weighted by Gasteiger charge is -2.24. The van der Waals surface area contributed by atoms with Crippen molar-refractivity contribution >= 4 is 5.91 Å². The summed E-state index contributed by atoms with van der Waals surface area (Å²) in [5.41, 5.74) is 2.05. The summed E-state index contributed by atoms with van der Waals surface area (Å²) in [6.45, 7) is 3.42. The van der Waals surface area contributed by atoms with E-state index in [0.29, 0.717) is 23.6 Å². The topological polar surface area (TPSA) is 70.7 Å². The first-order chi connectivity index (χ1) is 10.7. The Kier molecular flexibility index (Phi) is 3.92. The lowest BCUT2D eigenvalue weighted by Crippen LogP contribution is -2.34. The zero-order valence-corrected chi connectivity index (χ0v) is 12.5. The molecule has 2 aromatic rings. The van der Waals surface area contributed by atoms with Crippen LogP contribution in [-0.4, -0.2) is 22.0 Å². The summed E-state index contributed by atoms with van der Waals surface area (Å²) >= 11 is 0. The Balaban J connectivity index is 1.60. The second-order valence-electron chi connectivity index (χ2n) is 5.75. The molecular weight excluding hydrogens is 276 g/mol. The number of aryl methyl sites for hydroxylation is 2. The third-order valence-electron chi connectivity index (χ3n) is 4.18. The number of amides is 1. The van der Waals surface area contributed by atoms with Crippen LogP contribution < -0.4 is 5.32 Å². The summed E-state index contributed by atoms with van der Waals surface area (Å²) in [5, 5.41) is 11.9. The molecule has 1 N–H and O–H groups in total. The number of rotatable bonds is 3. The average Bonchev–Trinajstić information content (AvgIpc) is 3.00. The van der Waals surface area contributed by atoms with E-state index in [1.54, 1.807) is 18.2 Å². The molecule has 0 spiro atoms. The predicted molar refractivity (Wildman–Crippen MR) is 82.3 cm³/mol. The molecular formula is C17H18N4O. The third-order valence-corrected chi connectivity index (χ3v) is 4.18. The summed E-state index contributed by atoms with van der Waals surface area (Å²) in [6.07, 6.45) is 5.83. The van der Waals surface area contributed by atoms with Gasteiger partial charge in [0.2, 0.25) is 0 Å². The van der Waals surface area contributed by atoms with E-state index in [-0.39, 0.29) is 5.91 Å². The van der Waals surface area contributed by atoms with Crippen LogP contribution in [0.1, 0.15) is 33.7 Å². The molecule has 112 valence electrons. The minimum Gasteiger partial charge on any atom is -0.352 e. The van der Waals surface area contributed by atoms with Crippen molar-refractivity contribution in [2.75, 3.05) is 6.54 Å². The maximum absolute atomic E-state index is 12.3. The van der Waals surface area contributed by atoms with Crippen molar-refractivity contribution < 1.29 is 4.79 Å². The van der Waals surface area contributed by atoms with E-state index < -0.39 is 0 Å². The number of benzene rings is 1. The van der Waals surface area contributed by atoms with Gasteiger partial charge in [-0.15, -0.1) is 0 Å². The first kappa shape index (κ1) is 14.3. The van der Waals surface area contributed by atoms with Crippen molar-refractivity contribution in [3.05, 3.63) is 53.1 Å². The van der Waals surface area contributed by atoms with Gasteiger partial charge in [0.05, 0.1) is 11.6 Å². The summed E-state index contributed by atoms with van der Waals surface area (Å²) in [4.78, 5) is 16.6. The molecule has 0 bridgehead atoms. The van der Waals surface area contributed by atoms with Crippen LogP contribution >= 0.6 is 0 Å². The molecule has 0 saturated heterocycles. The van der Waals surface area contributed by atoms with Crippen LogP contribution in [-0.2, 0) is 13.0 Å². The van der Waals surface area contributed by atoms with Crippen molar-refractivity contribution in [3.8, 4) is 6.07 Å². The van der Waals surface area contributed by atoms with Crippen LogP contribution in [0.4, 0.5) is 0 Å². The van der Waals surface area contributed by atoms with E-state index in [2.05, 4.69) is 20.9 Å². The number of nitrogens with zero attached hydrogens (tertiary/aromatic N) is 3. The highest BCUT2D eigenvalue weighted by Gasteiger charge is 2.19. The molecule has 0 saturated carbocycles. The van der Waals surface area contributed by atoms with Crippen molar-refractivity contribution in [2.45, 2.75) is 26.3 Å². The van der Waals surface area contributed by atoms with Gasteiger partial charge < -0.3 is 9.88 Å². The maximum atomic E-state index is 12.3. The number of carbonyl (C=O) groups is 1. The van der Waals surface area contributed by atoms with Gasteiger partial charge in [-0.05, 0) is 43.0 Å². The van der Waals surface area contributed by atoms with Crippen molar-refractivity contribution in [1.82, 2.24) is 14.9 Å². The normalized spacial score (nSPS) is 16.6.